The lowest BCUT2D eigenvalue weighted by Gasteiger charge is -2.26. The third-order valence-electron chi connectivity index (χ3n) is 3.28. The number of ether oxygens (including phenoxy) is 1. The fourth-order valence-corrected chi connectivity index (χ4v) is 2.89. The van der Waals surface area contributed by atoms with E-state index in [1.165, 1.54) is 11.3 Å². The molecular formula is C13H19BrN2O. The highest BCUT2D eigenvalue weighted by Crippen LogP contribution is 2.29. The minimum atomic E-state index is 0.492. The fourth-order valence-electron chi connectivity index (χ4n) is 2.18. The number of nitrogens with two attached hydrogens (primary N) is 1. The van der Waals surface area contributed by atoms with Crippen LogP contribution < -0.4 is 10.6 Å². The van der Waals surface area contributed by atoms with Crippen molar-refractivity contribution >= 4 is 21.6 Å². The van der Waals surface area contributed by atoms with E-state index in [-0.39, 0.29) is 0 Å². The molecule has 1 fully saturated rings. The van der Waals surface area contributed by atoms with Crippen molar-refractivity contribution < 1.29 is 4.74 Å². The molecule has 1 saturated heterocycles. The van der Waals surface area contributed by atoms with Crippen molar-refractivity contribution in [2.45, 2.75) is 18.9 Å². The lowest BCUT2D eigenvalue weighted by molar-refractivity contribution is 0.193. The number of hydrogen-bond donors (Lipinski definition) is 1. The molecule has 2 rings (SSSR count). The van der Waals surface area contributed by atoms with Gasteiger partial charge in [-0.25, -0.2) is 0 Å². The Kier molecular flexibility index (Phi) is 4.42. The van der Waals surface area contributed by atoms with Crippen LogP contribution in [-0.4, -0.2) is 32.8 Å². The maximum Gasteiger partial charge on any atom is 0.0670 e. The van der Waals surface area contributed by atoms with E-state index in [1.54, 1.807) is 0 Å². The number of likely N-dealkylation sites (N-methyl/N-ethyl adjacent to an activating group) is 1. The average Bonchev–Trinajstić information content (AvgIpc) is 2.82. The molecule has 1 atom stereocenters. The number of benzene rings is 1. The molecule has 1 aliphatic rings. The smallest absolute Gasteiger partial charge is 0.0670 e. The van der Waals surface area contributed by atoms with Gasteiger partial charge in [0.25, 0.3) is 0 Å². The number of hydrogen-bond acceptors (Lipinski definition) is 3. The van der Waals surface area contributed by atoms with Crippen LogP contribution in [0.25, 0.3) is 0 Å². The molecule has 0 aromatic heterocycles. The molecule has 1 heterocycles. The summed E-state index contributed by atoms with van der Waals surface area (Å²) < 4.78 is 6.57. The quantitative estimate of drug-likeness (QED) is 0.926. The second-order valence-corrected chi connectivity index (χ2v) is 5.31. The average molecular weight is 299 g/mol. The van der Waals surface area contributed by atoms with Gasteiger partial charge in [0.15, 0.2) is 0 Å². The van der Waals surface area contributed by atoms with E-state index in [0.717, 1.165) is 30.5 Å². The normalized spacial score (nSPS) is 19.6. The summed E-state index contributed by atoms with van der Waals surface area (Å²) in [7, 11) is 2.13. The summed E-state index contributed by atoms with van der Waals surface area (Å²) in [4.78, 5) is 2.29. The molecule has 1 aliphatic heterocycles. The Hall–Kier alpha value is -0.580. The van der Waals surface area contributed by atoms with Crippen LogP contribution in [-0.2, 0) is 11.2 Å². The Morgan fingerprint density at radius 1 is 1.53 bits per heavy atom. The van der Waals surface area contributed by atoms with Crippen molar-refractivity contribution in [2.75, 3.05) is 31.7 Å². The Morgan fingerprint density at radius 2 is 2.35 bits per heavy atom. The molecule has 0 spiro atoms. The number of rotatable bonds is 4. The minimum Gasteiger partial charge on any atom is -0.379 e. The molecule has 0 aliphatic carbocycles. The minimum absolute atomic E-state index is 0.492. The molecule has 2 N–H and O–H groups in total. The van der Waals surface area contributed by atoms with Crippen LogP contribution in [0.3, 0.4) is 0 Å². The van der Waals surface area contributed by atoms with E-state index in [1.807, 2.05) is 0 Å². The van der Waals surface area contributed by atoms with Crippen molar-refractivity contribution in [3.8, 4) is 0 Å². The Bertz CT molecular complexity index is 378. The van der Waals surface area contributed by atoms with E-state index in [2.05, 4.69) is 46.1 Å². The summed E-state index contributed by atoms with van der Waals surface area (Å²) >= 11 is 3.64. The summed E-state index contributed by atoms with van der Waals surface area (Å²) in [6, 6.07) is 6.97. The second kappa shape index (κ2) is 5.85. The molecular weight excluding hydrogens is 280 g/mol. The maximum absolute atomic E-state index is 5.57. The molecule has 94 valence electrons. The van der Waals surface area contributed by atoms with Gasteiger partial charge in [0, 0.05) is 18.1 Å². The van der Waals surface area contributed by atoms with Crippen LogP contribution in [0, 0.1) is 0 Å². The van der Waals surface area contributed by atoms with Gasteiger partial charge in [-0.1, -0.05) is 6.07 Å². The Balaban J connectivity index is 2.14. The van der Waals surface area contributed by atoms with E-state index in [4.69, 9.17) is 10.5 Å². The van der Waals surface area contributed by atoms with Gasteiger partial charge in [0.2, 0.25) is 0 Å². The standard InChI is InChI=1S/C13H19BrN2O/c1-16(11-5-7-17-9-11)13-3-2-10(4-6-15)8-12(13)14/h2-3,8,11H,4-7,9,15H2,1H3. The topological polar surface area (TPSA) is 38.5 Å². The molecule has 0 radical (unpaired) electrons. The third kappa shape index (κ3) is 3.00. The van der Waals surface area contributed by atoms with Gasteiger partial charge in [0.1, 0.15) is 0 Å². The van der Waals surface area contributed by atoms with Crippen LogP contribution in [0.15, 0.2) is 22.7 Å². The van der Waals surface area contributed by atoms with Gasteiger partial charge < -0.3 is 15.4 Å². The Morgan fingerprint density at radius 3 is 2.94 bits per heavy atom. The van der Waals surface area contributed by atoms with Crippen LogP contribution in [0.5, 0.6) is 0 Å². The summed E-state index contributed by atoms with van der Waals surface area (Å²) in [5, 5.41) is 0. The molecule has 0 bridgehead atoms. The highest BCUT2D eigenvalue weighted by atomic mass is 79.9. The molecule has 1 aromatic carbocycles. The lowest BCUT2D eigenvalue weighted by atomic mass is 10.1. The molecule has 4 heteroatoms. The predicted octanol–water partition coefficient (Wildman–Crippen LogP) is 2.18. The number of anilines is 1. The highest BCUT2D eigenvalue weighted by Gasteiger charge is 2.21. The zero-order valence-electron chi connectivity index (χ0n) is 10.2. The second-order valence-electron chi connectivity index (χ2n) is 4.45. The van der Waals surface area contributed by atoms with Gasteiger partial charge in [-0.15, -0.1) is 0 Å². The van der Waals surface area contributed by atoms with Gasteiger partial charge in [-0.2, -0.15) is 0 Å². The summed E-state index contributed by atoms with van der Waals surface area (Å²) in [6.07, 6.45) is 2.03. The number of nitrogens with zero attached hydrogens (tertiary/aromatic N) is 1. The third-order valence-corrected chi connectivity index (χ3v) is 3.91. The first kappa shape index (κ1) is 12.9. The first-order valence-corrected chi connectivity index (χ1v) is 6.80. The largest absolute Gasteiger partial charge is 0.379 e. The van der Waals surface area contributed by atoms with Crippen molar-refractivity contribution in [2.24, 2.45) is 5.73 Å². The van der Waals surface area contributed by atoms with E-state index in [0.29, 0.717) is 12.6 Å². The molecule has 17 heavy (non-hydrogen) atoms. The maximum atomic E-state index is 5.57. The molecule has 3 nitrogen and oxygen atoms in total. The van der Waals surface area contributed by atoms with Gasteiger partial charge in [-0.05, 0) is 53.0 Å². The van der Waals surface area contributed by atoms with Gasteiger partial charge in [-0.3, -0.25) is 0 Å². The van der Waals surface area contributed by atoms with Gasteiger partial charge in [0.05, 0.1) is 18.3 Å². The zero-order valence-corrected chi connectivity index (χ0v) is 11.7. The highest BCUT2D eigenvalue weighted by molar-refractivity contribution is 9.10. The number of halogens is 1. The lowest BCUT2D eigenvalue weighted by Crippen LogP contribution is -2.32. The van der Waals surface area contributed by atoms with E-state index >= 15 is 0 Å². The van der Waals surface area contributed by atoms with Crippen molar-refractivity contribution in [3.05, 3.63) is 28.2 Å². The van der Waals surface area contributed by atoms with Crippen LogP contribution in [0.4, 0.5) is 5.69 Å². The molecule has 0 saturated carbocycles. The van der Waals surface area contributed by atoms with Gasteiger partial charge >= 0.3 is 0 Å². The molecule has 0 amide bonds. The van der Waals surface area contributed by atoms with Crippen molar-refractivity contribution in [3.63, 3.8) is 0 Å². The monoisotopic (exact) mass is 298 g/mol. The van der Waals surface area contributed by atoms with E-state index < -0.39 is 0 Å². The van der Waals surface area contributed by atoms with Crippen LogP contribution >= 0.6 is 15.9 Å². The zero-order chi connectivity index (χ0) is 12.3. The Labute approximate surface area is 111 Å². The first-order valence-electron chi connectivity index (χ1n) is 6.01. The van der Waals surface area contributed by atoms with Crippen molar-refractivity contribution in [1.82, 2.24) is 0 Å². The summed E-state index contributed by atoms with van der Waals surface area (Å²) in [5.41, 5.74) is 8.07. The van der Waals surface area contributed by atoms with Crippen LogP contribution in [0.2, 0.25) is 0 Å². The fraction of sp³-hybridized carbons (Fsp3) is 0.538. The van der Waals surface area contributed by atoms with Crippen molar-refractivity contribution in [1.29, 1.82) is 0 Å². The predicted molar refractivity (Wildman–Crippen MR) is 74.5 cm³/mol. The van der Waals surface area contributed by atoms with Crippen LogP contribution in [0.1, 0.15) is 12.0 Å². The SMILES string of the molecule is CN(c1ccc(CCN)cc1Br)C1CCOC1. The summed E-state index contributed by atoms with van der Waals surface area (Å²) in [5.74, 6) is 0. The van der Waals surface area contributed by atoms with E-state index in [9.17, 15) is 0 Å². The molecule has 1 aromatic rings. The first-order chi connectivity index (χ1) is 8.22. The summed E-state index contributed by atoms with van der Waals surface area (Å²) in [6.45, 7) is 2.39. The molecule has 1 unspecified atom stereocenters.